The summed E-state index contributed by atoms with van der Waals surface area (Å²) in [5, 5.41) is 8.94. The van der Waals surface area contributed by atoms with E-state index >= 15 is 0 Å². The number of hydrogen-bond donors (Lipinski definition) is 1. The maximum Gasteiger partial charge on any atom is 0.231 e. The summed E-state index contributed by atoms with van der Waals surface area (Å²) in [6.07, 6.45) is 0. The number of phenolic OH excluding ortho intramolecular Hbond substituents is 1. The minimum Gasteiger partial charge on any atom is -0.504 e. The van der Waals surface area contributed by atoms with Crippen LogP contribution >= 0.6 is 27.5 Å². The molecule has 0 aliphatic carbocycles. The molecule has 0 aromatic heterocycles. The smallest absolute Gasteiger partial charge is 0.231 e. The van der Waals surface area contributed by atoms with E-state index < -0.39 is 11.6 Å². The molecule has 0 spiro atoms. The molecule has 6 heteroatoms. The predicted octanol–water partition coefficient (Wildman–Crippen LogP) is 2.68. The summed E-state index contributed by atoms with van der Waals surface area (Å²) in [4.78, 5) is 0. The zero-order valence-corrected chi connectivity index (χ0v) is 8.45. The van der Waals surface area contributed by atoms with Gasteiger partial charge >= 0.3 is 0 Å². The summed E-state index contributed by atoms with van der Waals surface area (Å²) in [6, 6.07) is 0. The molecule has 1 aromatic carbocycles. The summed E-state index contributed by atoms with van der Waals surface area (Å²) in [5.74, 6) is -1.15. The quantitative estimate of drug-likeness (QED) is 0.736. The molecule has 0 unspecified atom stereocenters. The van der Waals surface area contributed by atoms with E-state index in [1.54, 1.807) is 0 Å². The molecular formula is C7H3BrClFO3. The topological polar surface area (TPSA) is 38.7 Å². The average molecular weight is 269 g/mol. The molecule has 0 saturated carbocycles. The number of halogens is 3. The van der Waals surface area contributed by atoms with E-state index in [2.05, 4.69) is 15.9 Å². The third-order valence-corrected chi connectivity index (χ3v) is 2.69. The first kappa shape index (κ1) is 8.90. The summed E-state index contributed by atoms with van der Waals surface area (Å²) in [7, 11) is 0. The van der Waals surface area contributed by atoms with Crippen LogP contribution in [0.15, 0.2) is 4.47 Å². The molecule has 0 radical (unpaired) electrons. The van der Waals surface area contributed by atoms with Crippen LogP contribution in [0.2, 0.25) is 5.02 Å². The average Bonchev–Trinajstić information content (AvgIpc) is 2.59. The van der Waals surface area contributed by atoms with Crippen LogP contribution in [0, 0.1) is 5.82 Å². The van der Waals surface area contributed by atoms with Gasteiger partial charge in [0.25, 0.3) is 0 Å². The van der Waals surface area contributed by atoms with Gasteiger partial charge in [-0.1, -0.05) is 11.6 Å². The molecule has 0 amide bonds. The van der Waals surface area contributed by atoms with Gasteiger partial charge in [-0.05, 0) is 15.9 Å². The number of ether oxygens (including phenoxy) is 2. The molecule has 0 saturated heterocycles. The first-order valence-corrected chi connectivity index (χ1v) is 4.45. The zero-order valence-electron chi connectivity index (χ0n) is 6.10. The maximum absolute atomic E-state index is 13.1. The van der Waals surface area contributed by atoms with E-state index in [1.807, 2.05) is 0 Å². The Morgan fingerprint density at radius 1 is 1.38 bits per heavy atom. The van der Waals surface area contributed by atoms with Gasteiger partial charge in [0.05, 0.1) is 0 Å². The van der Waals surface area contributed by atoms with E-state index in [0.29, 0.717) is 0 Å². The van der Waals surface area contributed by atoms with Gasteiger partial charge in [-0.25, -0.2) is 4.39 Å². The van der Waals surface area contributed by atoms with Crippen molar-refractivity contribution in [2.45, 2.75) is 0 Å². The van der Waals surface area contributed by atoms with Crippen molar-refractivity contribution >= 4 is 27.5 Å². The number of hydrogen-bond acceptors (Lipinski definition) is 3. The molecule has 13 heavy (non-hydrogen) atoms. The standard InChI is InChI=1S/C7H3BrClFO3/c8-2-5(11)4(10)3(9)7-6(2)12-1-13-7/h11H,1H2. The van der Waals surface area contributed by atoms with Gasteiger partial charge < -0.3 is 14.6 Å². The minimum absolute atomic E-state index is 0.0312. The Labute approximate surface area is 86.1 Å². The van der Waals surface area contributed by atoms with Crippen molar-refractivity contribution in [3.63, 3.8) is 0 Å². The van der Waals surface area contributed by atoms with Gasteiger partial charge in [0.2, 0.25) is 6.79 Å². The van der Waals surface area contributed by atoms with E-state index in [0.717, 1.165) is 0 Å². The summed E-state index contributed by atoms with van der Waals surface area (Å²) in [5.41, 5.74) is 0. The van der Waals surface area contributed by atoms with Crippen LogP contribution in [0.5, 0.6) is 17.2 Å². The molecule has 0 fully saturated rings. The van der Waals surface area contributed by atoms with E-state index in [-0.39, 0.29) is 27.8 Å². The van der Waals surface area contributed by atoms with Crippen LogP contribution in [0.1, 0.15) is 0 Å². The van der Waals surface area contributed by atoms with Crippen molar-refractivity contribution in [2.75, 3.05) is 6.79 Å². The molecule has 1 aliphatic rings. The van der Waals surface area contributed by atoms with Gasteiger partial charge in [-0.3, -0.25) is 0 Å². The van der Waals surface area contributed by atoms with Crippen molar-refractivity contribution in [2.24, 2.45) is 0 Å². The minimum atomic E-state index is -0.919. The van der Waals surface area contributed by atoms with Gasteiger partial charge in [0.1, 0.15) is 9.50 Å². The Morgan fingerprint density at radius 3 is 2.69 bits per heavy atom. The van der Waals surface area contributed by atoms with Crippen molar-refractivity contribution in [1.82, 2.24) is 0 Å². The monoisotopic (exact) mass is 268 g/mol. The number of fused-ring (bicyclic) bond motifs is 1. The normalized spacial score (nSPS) is 13.5. The van der Waals surface area contributed by atoms with Crippen LogP contribution in [0.4, 0.5) is 4.39 Å². The molecule has 70 valence electrons. The van der Waals surface area contributed by atoms with Crippen LogP contribution in [0.25, 0.3) is 0 Å². The molecule has 1 heterocycles. The summed E-state index contributed by atoms with van der Waals surface area (Å²) < 4.78 is 23.1. The lowest BCUT2D eigenvalue weighted by Gasteiger charge is -2.05. The highest BCUT2D eigenvalue weighted by molar-refractivity contribution is 9.10. The van der Waals surface area contributed by atoms with Crippen LogP contribution in [0.3, 0.4) is 0 Å². The lowest BCUT2D eigenvalue weighted by atomic mass is 10.3. The Bertz CT molecular complexity index is 348. The SMILES string of the molecule is Oc1c(F)c(Cl)c2c(c1Br)OCO2. The molecule has 0 bridgehead atoms. The number of rotatable bonds is 0. The maximum atomic E-state index is 13.1. The first-order chi connectivity index (χ1) is 6.13. The second kappa shape index (κ2) is 2.92. The molecule has 1 aliphatic heterocycles. The lowest BCUT2D eigenvalue weighted by Crippen LogP contribution is -1.93. The Kier molecular flexibility index (Phi) is 2.00. The van der Waals surface area contributed by atoms with Gasteiger partial charge in [0.15, 0.2) is 23.1 Å². The number of phenols is 1. The fraction of sp³-hybridized carbons (Fsp3) is 0.143. The molecule has 1 N–H and O–H groups in total. The largest absolute Gasteiger partial charge is 0.504 e. The highest BCUT2D eigenvalue weighted by Gasteiger charge is 2.27. The molecule has 3 nitrogen and oxygen atoms in total. The van der Waals surface area contributed by atoms with Crippen LogP contribution < -0.4 is 9.47 Å². The highest BCUT2D eigenvalue weighted by Crippen LogP contribution is 2.50. The van der Waals surface area contributed by atoms with Gasteiger partial charge in [-0.15, -0.1) is 0 Å². The molecule has 1 aromatic rings. The summed E-state index contributed by atoms with van der Waals surface area (Å²) >= 11 is 8.52. The molecular weight excluding hydrogens is 266 g/mol. The summed E-state index contributed by atoms with van der Waals surface area (Å²) in [6.45, 7) is -0.0312. The fourth-order valence-corrected chi connectivity index (χ4v) is 1.71. The third kappa shape index (κ3) is 1.14. The predicted molar refractivity (Wildman–Crippen MR) is 46.9 cm³/mol. The lowest BCUT2D eigenvalue weighted by molar-refractivity contribution is 0.173. The number of aromatic hydroxyl groups is 1. The molecule has 0 atom stereocenters. The van der Waals surface area contributed by atoms with Crippen molar-refractivity contribution in [3.8, 4) is 17.2 Å². The van der Waals surface area contributed by atoms with E-state index in [4.69, 9.17) is 21.1 Å². The van der Waals surface area contributed by atoms with Crippen LogP contribution in [-0.4, -0.2) is 11.9 Å². The van der Waals surface area contributed by atoms with E-state index in [9.17, 15) is 9.50 Å². The van der Waals surface area contributed by atoms with Crippen molar-refractivity contribution in [1.29, 1.82) is 0 Å². The Balaban J connectivity index is 2.77. The van der Waals surface area contributed by atoms with E-state index in [1.165, 1.54) is 0 Å². The van der Waals surface area contributed by atoms with Crippen molar-refractivity contribution in [3.05, 3.63) is 15.3 Å². The van der Waals surface area contributed by atoms with Crippen LogP contribution in [-0.2, 0) is 0 Å². The van der Waals surface area contributed by atoms with Crippen molar-refractivity contribution < 1.29 is 19.0 Å². The van der Waals surface area contributed by atoms with Gasteiger partial charge in [0, 0.05) is 0 Å². The molecule has 2 rings (SSSR count). The second-order valence-electron chi connectivity index (χ2n) is 2.36. The zero-order chi connectivity index (χ0) is 9.59. The highest BCUT2D eigenvalue weighted by atomic mass is 79.9. The Hall–Kier alpha value is -0.680. The second-order valence-corrected chi connectivity index (χ2v) is 3.53. The number of benzene rings is 1. The third-order valence-electron chi connectivity index (χ3n) is 1.62. The van der Waals surface area contributed by atoms with Gasteiger partial charge in [-0.2, -0.15) is 0 Å². The Morgan fingerprint density at radius 2 is 2.00 bits per heavy atom. The fourth-order valence-electron chi connectivity index (χ4n) is 1.01. The first-order valence-electron chi connectivity index (χ1n) is 3.28.